The maximum Gasteiger partial charge on any atom is 0.203 e. The molecule has 1 heterocycles. The third kappa shape index (κ3) is 3.16. The first kappa shape index (κ1) is 15.4. The summed E-state index contributed by atoms with van der Waals surface area (Å²) in [6, 6.07) is 15.4. The Bertz CT molecular complexity index is 856. The van der Waals surface area contributed by atoms with Gasteiger partial charge in [0.25, 0.3) is 0 Å². The smallest absolute Gasteiger partial charge is 0.203 e. The molecule has 3 nitrogen and oxygen atoms in total. The number of hydrogen-bond acceptors (Lipinski definition) is 4. The van der Waals surface area contributed by atoms with E-state index in [9.17, 15) is 9.18 Å². The Morgan fingerprint density at radius 1 is 1.09 bits per heavy atom. The average Bonchev–Trinajstić information content (AvgIpc) is 3.05. The lowest BCUT2D eigenvalue weighted by atomic mass is 10.0. The SMILES string of the molecule is Cc1ccc(NN)cc1C(=O)c1ccc(-c2ccc(F)cc2)s1. The molecule has 2 aromatic carbocycles. The lowest BCUT2D eigenvalue weighted by Crippen LogP contribution is -2.09. The fourth-order valence-corrected chi connectivity index (χ4v) is 3.28. The summed E-state index contributed by atoms with van der Waals surface area (Å²) in [4.78, 5) is 14.3. The van der Waals surface area contributed by atoms with Gasteiger partial charge in [-0.1, -0.05) is 18.2 Å². The third-order valence-corrected chi connectivity index (χ3v) is 4.74. The molecule has 0 fully saturated rings. The van der Waals surface area contributed by atoms with Crippen LogP contribution in [0.15, 0.2) is 54.6 Å². The predicted octanol–water partition coefficient (Wildman–Crippen LogP) is 4.38. The first-order valence-corrected chi connectivity index (χ1v) is 7.88. The van der Waals surface area contributed by atoms with Crippen LogP contribution in [0.1, 0.15) is 20.8 Å². The van der Waals surface area contributed by atoms with E-state index in [-0.39, 0.29) is 11.6 Å². The number of anilines is 1. The fraction of sp³-hybridized carbons (Fsp3) is 0.0556. The lowest BCUT2D eigenvalue weighted by molar-refractivity contribution is 0.104. The Balaban J connectivity index is 1.94. The second-order valence-electron chi connectivity index (χ2n) is 5.17. The number of carbonyl (C=O) groups excluding carboxylic acids is 1. The van der Waals surface area contributed by atoms with E-state index in [0.717, 1.165) is 16.0 Å². The number of thiophene rings is 1. The van der Waals surface area contributed by atoms with Gasteiger partial charge in [0, 0.05) is 16.1 Å². The van der Waals surface area contributed by atoms with Crippen molar-refractivity contribution < 1.29 is 9.18 Å². The fourth-order valence-electron chi connectivity index (χ4n) is 2.32. The van der Waals surface area contributed by atoms with Crippen LogP contribution in [0.4, 0.5) is 10.1 Å². The second kappa shape index (κ2) is 6.32. The lowest BCUT2D eigenvalue weighted by Gasteiger charge is -2.06. The second-order valence-corrected chi connectivity index (χ2v) is 6.26. The molecule has 0 saturated heterocycles. The van der Waals surface area contributed by atoms with Gasteiger partial charge >= 0.3 is 0 Å². The van der Waals surface area contributed by atoms with E-state index in [1.807, 2.05) is 25.1 Å². The van der Waals surface area contributed by atoms with Crippen molar-refractivity contribution in [1.82, 2.24) is 0 Å². The standard InChI is InChI=1S/C18H15FN2OS/c1-11-2-7-14(21-20)10-15(11)18(22)17-9-8-16(23-17)12-3-5-13(19)6-4-12/h2-10,21H,20H2,1H3. The maximum absolute atomic E-state index is 13.0. The van der Waals surface area contributed by atoms with Gasteiger partial charge in [0.1, 0.15) is 5.82 Å². The molecule has 0 aliphatic heterocycles. The van der Waals surface area contributed by atoms with Crippen molar-refractivity contribution in [3.05, 3.63) is 76.4 Å². The molecule has 3 aromatic rings. The van der Waals surface area contributed by atoms with E-state index in [4.69, 9.17) is 5.84 Å². The monoisotopic (exact) mass is 326 g/mol. The van der Waals surface area contributed by atoms with Gasteiger partial charge in [-0.25, -0.2) is 4.39 Å². The predicted molar refractivity (Wildman–Crippen MR) is 92.1 cm³/mol. The van der Waals surface area contributed by atoms with Crippen molar-refractivity contribution in [3.8, 4) is 10.4 Å². The number of carbonyl (C=O) groups is 1. The van der Waals surface area contributed by atoms with Gasteiger partial charge in [0.15, 0.2) is 0 Å². The minimum atomic E-state index is -0.275. The van der Waals surface area contributed by atoms with Gasteiger partial charge in [-0.2, -0.15) is 0 Å². The van der Waals surface area contributed by atoms with Crippen LogP contribution in [-0.2, 0) is 0 Å². The van der Waals surface area contributed by atoms with Crippen LogP contribution in [0.3, 0.4) is 0 Å². The molecule has 0 amide bonds. The highest BCUT2D eigenvalue weighted by molar-refractivity contribution is 7.17. The molecular formula is C18H15FN2OS. The van der Waals surface area contributed by atoms with Gasteiger partial charge in [0.05, 0.1) is 4.88 Å². The Morgan fingerprint density at radius 3 is 2.52 bits per heavy atom. The zero-order chi connectivity index (χ0) is 16.4. The molecule has 0 aliphatic carbocycles. The summed E-state index contributed by atoms with van der Waals surface area (Å²) in [5.41, 5.74) is 5.65. The molecule has 5 heteroatoms. The number of halogens is 1. The number of nitrogens with two attached hydrogens (primary N) is 1. The van der Waals surface area contributed by atoms with Crippen LogP contribution in [0.5, 0.6) is 0 Å². The zero-order valence-electron chi connectivity index (χ0n) is 12.5. The van der Waals surface area contributed by atoms with Crippen LogP contribution < -0.4 is 11.3 Å². The topological polar surface area (TPSA) is 55.1 Å². The minimum Gasteiger partial charge on any atom is -0.324 e. The highest BCUT2D eigenvalue weighted by Crippen LogP contribution is 2.30. The molecule has 0 atom stereocenters. The first-order valence-electron chi connectivity index (χ1n) is 7.06. The summed E-state index contributed by atoms with van der Waals surface area (Å²) in [6.07, 6.45) is 0. The number of aryl methyl sites for hydroxylation is 1. The molecule has 0 spiro atoms. The summed E-state index contributed by atoms with van der Waals surface area (Å²) in [7, 11) is 0. The third-order valence-electron chi connectivity index (χ3n) is 3.61. The summed E-state index contributed by atoms with van der Waals surface area (Å²) in [5.74, 6) is 5.09. The van der Waals surface area contributed by atoms with Crippen LogP contribution in [0.2, 0.25) is 0 Å². The molecule has 0 saturated carbocycles. The number of rotatable bonds is 4. The van der Waals surface area contributed by atoms with Gasteiger partial charge in [-0.15, -0.1) is 11.3 Å². The van der Waals surface area contributed by atoms with E-state index in [2.05, 4.69) is 5.43 Å². The van der Waals surface area contributed by atoms with Crippen molar-refractivity contribution in [1.29, 1.82) is 0 Å². The average molecular weight is 326 g/mol. The number of hydrogen-bond donors (Lipinski definition) is 2. The van der Waals surface area contributed by atoms with Crippen LogP contribution in [-0.4, -0.2) is 5.78 Å². The van der Waals surface area contributed by atoms with Crippen molar-refractivity contribution in [3.63, 3.8) is 0 Å². The normalized spacial score (nSPS) is 10.6. The highest BCUT2D eigenvalue weighted by Gasteiger charge is 2.15. The molecule has 3 N–H and O–H groups in total. The molecule has 1 aromatic heterocycles. The molecule has 23 heavy (non-hydrogen) atoms. The summed E-state index contributed by atoms with van der Waals surface area (Å²) >= 11 is 1.39. The van der Waals surface area contributed by atoms with Gasteiger partial charge in [-0.05, 0) is 54.4 Å². The Hall–Kier alpha value is -2.50. The van der Waals surface area contributed by atoms with Gasteiger partial charge < -0.3 is 5.43 Å². The number of nitrogen functional groups attached to an aromatic ring is 1. The maximum atomic E-state index is 13.0. The summed E-state index contributed by atoms with van der Waals surface area (Å²) in [6.45, 7) is 1.89. The van der Waals surface area contributed by atoms with E-state index in [1.165, 1.54) is 23.5 Å². The Morgan fingerprint density at radius 2 is 1.83 bits per heavy atom. The van der Waals surface area contributed by atoms with E-state index < -0.39 is 0 Å². The van der Waals surface area contributed by atoms with Crippen molar-refractivity contribution in [2.75, 3.05) is 5.43 Å². The first-order chi connectivity index (χ1) is 11.1. The van der Waals surface area contributed by atoms with E-state index in [0.29, 0.717) is 16.1 Å². The molecule has 116 valence electrons. The summed E-state index contributed by atoms with van der Waals surface area (Å²) in [5, 5.41) is 0. The molecule has 3 rings (SSSR count). The number of hydrazine groups is 1. The van der Waals surface area contributed by atoms with Gasteiger partial charge in [0.2, 0.25) is 5.78 Å². The molecule has 0 bridgehead atoms. The molecule has 0 unspecified atom stereocenters. The highest BCUT2D eigenvalue weighted by atomic mass is 32.1. The number of nitrogens with one attached hydrogen (secondary N) is 1. The van der Waals surface area contributed by atoms with Crippen LogP contribution >= 0.6 is 11.3 Å². The largest absolute Gasteiger partial charge is 0.324 e. The quantitative estimate of drug-likeness (QED) is 0.425. The van der Waals surface area contributed by atoms with Crippen LogP contribution in [0.25, 0.3) is 10.4 Å². The zero-order valence-corrected chi connectivity index (χ0v) is 13.3. The number of benzene rings is 2. The van der Waals surface area contributed by atoms with E-state index in [1.54, 1.807) is 24.3 Å². The Labute approximate surface area is 137 Å². The van der Waals surface area contributed by atoms with Crippen LogP contribution in [0, 0.1) is 12.7 Å². The van der Waals surface area contributed by atoms with Crippen molar-refractivity contribution >= 4 is 22.8 Å². The summed E-state index contributed by atoms with van der Waals surface area (Å²) < 4.78 is 13.0. The van der Waals surface area contributed by atoms with Gasteiger partial charge in [-0.3, -0.25) is 10.6 Å². The van der Waals surface area contributed by atoms with E-state index >= 15 is 0 Å². The number of ketones is 1. The molecular weight excluding hydrogens is 311 g/mol. The molecule has 0 radical (unpaired) electrons. The Kier molecular flexibility index (Phi) is 4.23. The minimum absolute atomic E-state index is 0.0436. The van der Waals surface area contributed by atoms with Crippen molar-refractivity contribution in [2.45, 2.75) is 6.92 Å². The molecule has 0 aliphatic rings. The van der Waals surface area contributed by atoms with Crippen molar-refractivity contribution in [2.24, 2.45) is 5.84 Å².